The first-order valence-electron chi connectivity index (χ1n) is 3.51. The Bertz CT molecular complexity index is 427. The van der Waals surface area contributed by atoms with Gasteiger partial charge in [0.2, 0.25) is 0 Å². The van der Waals surface area contributed by atoms with Crippen LogP contribution in [0.4, 0.5) is 5.69 Å². The van der Waals surface area contributed by atoms with Crippen LogP contribution in [-0.2, 0) is 6.54 Å². The number of hydrogen-bond acceptors (Lipinski definition) is 3. The lowest BCUT2D eigenvalue weighted by atomic mass is 10.5. The fraction of sp³-hybridized carbons (Fsp3) is 0.143. The molecule has 0 unspecified atom stereocenters. The summed E-state index contributed by atoms with van der Waals surface area (Å²) in [5, 5.41) is 0.287. The van der Waals surface area contributed by atoms with Gasteiger partial charge in [-0.25, -0.2) is 4.98 Å². The van der Waals surface area contributed by atoms with E-state index in [4.69, 9.17) is 40.5 Å². The molecule has 0 fully saturated rings. The Morgan fingerprint density at radius 2 is 2.36 bits per heavy atom. The maximum atomic E-state index is 11.4. The van der Waals surface area contributed by atoms with E-state index in [-0.39, 0.29) is 17.4 Å². The Kier molecular flexibility index (Phi) is 3.80. The molecule has 0 aromatic carbocycles. The van der Waals surface area contributed by atoms with Crippen LogP contribution in [0.15, 0.2) is 21.7 Å². The van der Waals surface area contributed by atoms with Gasteiger partial charge in [0.1, 0.15) is 5.69 Å². The number of halogens is 3. The monoisotopic (exact) mass is 253 g/mol. The Morgan fingerprint density at radius 1 is 1.71 bits per heavy atom. The zero-order valence-electron chi connectivity index (χ0n) is 6.88. The van der Waals surface area contributed by atoms with Crippen molar-refractivity contribution in [1.82, 2.24) is 9.55 Å². The van der Waals surface area contributed by atoms with Crippen LogP contribution < -0.4 is 11.3 Å². The molecule has 1 heterocycles. The summed E-state index contributed by atoms with van der Waals surface area (Å²) in [6, 6.07) is 0. The topological polar surface area (TPSA) is 60.9 Å². The van der Waals surface area contributed by atoms with Crippen LogP contribution in [0.5, 0.6) is 0 Å². The molecule has 0 atom stereocenters. The highest BCUT2D eigenvalue weighted by Gasteiger charge is 2.06. The smallest absolute Gasteiger partial charge is 0.278 e. The fourth-order valence-corrected chi connectivity index (χ4v) is 1.12. The van der Waals surface area contributed by atoms with E-state index >= 15 is 0 Å². The van der Waals surface area contributed by atoms with Crippen LogP contribution >= 0.6 is 34.8 Å². The van der Waals surface area contributed by atoms with Gasteiger partial charge in [-0.1, -0.05) is 34.8 Å². The van der Waals surface area contributed by atoms with Crippen LogP contribution in [0.1, 0.15) is 0 Å². The largest absolute Gasteiger partial charge is 0.392 e. The van der Waals surface area contributed by atoms with Crippen LogP contribution in [0, 0.1) is 0 Å². The van der Waals surface area contributed by atoms with E-state index in [1.807, 2.05) is 0 Å². The molecular weight excluding hydrogens is 248 g/mol. The molecule has 0 spiro atoms. The number of hydrogen-bond donors (Lipinski definition) is 1. The molecular formula is C7H6Cl3N3O. The number of anilines is 1. The molecule has 1 aromatic rings. The second-order valence-corrected chi connectivity index (χ2v) is 3.50. The Hall–Kier alpha value is -0.710. The lowest BCUT2D eigenvalue weighted by Crippen LogP contribution is -2.23. The fourth-order valence-electron chi connectivity index (χ4n) is 0.795. The van der Waals surface area contributed by atoms with Gasteiger partial charge in [-0.05, 0) is 0 Å². The van der Waals surface area contributed by atoms with Crippen molar-refractivity contribution < 1.29 is 0 Å². The number of nitrogens with zero attached hydrogens (tertiary/aromatic N) is 2. The van der Waals surface area contributed by atoms with Crippen LogP contribution in [0.3, 0.4) is 0 Å². The van der Waals surface area contributed by atoms with Crippen molar-refractivity contribution in [3.63, 3.8) is 0 Å². The van der Waals surface area contributed by atoms with Crippen molar-refractivity contribution in [3.8, 4) is 0 Å². The van der Waals surface area contributed by atoms with Gasteiger partial charge in [0.25, 0.3) is 5.56 Å². The van der Waals surface area contributed by atoms with Gasteiger partial charge in [0.15, 0.2) is 5.15 Å². The highest BCUT2D eigenvalue weighted by Crippen LogP contribution is 2.10. The van der Waals surface area contributed by atoms with Crippen molar-refractivity contribution >= 4 is 40.5 Å². The number of rotatable bonds is 2. The number of nitrogen functional groups attached to an aromatic ring is 1. The summed E-state index contributed by atoms with van der Waals surface area (Å²) in [6.45, 7) is 0.123. The molecule has 0 radical (unpaired) electrons. The summed E-state index contributed by atoms with van der Waals surface area (Å²) < 4.78 is 1.21. The molecule has 0 aliphatic heterocycles. The van der Waals surface area contributed by atoms with E-state index in [2.05, 4.69) is 4.98 Å². The molecule has 0 aliphatic rings. The van der Waals surface area contributed by atoms with Crippen molar-refractivity contribution in [2.75, 3.05) is 5.73 Å². The average Bonchev–Trinajstić information content (AvgIpc) is 2.19. The summed E-state index contributed by atoms with van der Waals surface area (Å²) in [7, 11) is 0. The molecule has 0 saturated carbocycles. The van der Waals surface area contributed by atoms with E-state index in [9.17, 15) is 4.79 Å². The van der Waals surface area contributed by atoms with Crippen molar-refractivity contribution in [2.24, 2.45) is 0 Å². The SMILES string of the molecule is Nc1c(Cl)ncn(CC(Cl)=CCl)c1=O. The van der Waals surface area contributed by atoms with E-state index in [1.165, 1.54) is 16.4 Å². The van der Waals surface area contributed by atoms with Gasteiger partial charge < -0.3 is 5.73 Å². The Morgan fingerprint density at radius 3 is 2.93 bits per heavy atom. The first-order valence-corrected chi connectivity index (χ1v) is 4.70. The molecule has 7 heteroatoms. The number of aromatic nitrogens is 2. The minimum atomic E-state index is -0.443. The highest BCUT2D eigenvalue weighted by atomic mass is 35.5. The molecule has 4 nitrogen and oxygen atoms in total. The molecule has 0 saturated heterocycles. The normalized spacial score (nSPS) is 11.8. The van der Waals surface area contributed by atoms with Crippen molar-refractivity contribution in [1.29, 1.82) is 0 Å². The number of allylic oxidation sites excluding steroid dienone is 1. The zero-order chi connectivity index (χ0) is 10.7. The van der Waals surface area contributed by atoms with Crippen LogP contribution in [0.2, 0.25) is 5.15 Å². The first-order chi connectivity index (χ1) is 6.56. The lowest BCUT2D eigenvalue weighted by molar-refractivity contribution is 0.749. The summed E-state index contributed by atoms with van der Waals surface area (Å²) in [6.07, 6.45) is 1.25. The summed E-state index contributed by atoms with van der Waals surface area (Å²) in [5.41, 5.74) is 6.00. The molecule has 1 aromatic heterocycles. The third-order valence-electron chi connectivity index (χ3n) is 1.46. The highest BCUT2D eigenvalue weighted by molar-refractivity contribution is 6.36. The quantitative estimate of drug-likeness (QED) is 0.819. The summed E-state index contributed by atoms with van der Waals surface area (Å²) in [5.74, 6) is 0. The van der Waals surface area contributed by atoms with E-state index < -0.39 is 5.56 Å². The van der Waals surface area contributed by atoms with Gasteiger partial charge in [0, 0.05) is 10.6 Å². The maximum Gasteiger partial charge on any atom is 0.278 e. The van der Waals surface area contributed by atoms with E-state index in [1.54, 1.807) is 0 Å². The van der Waals surface area contributed by atoms with Crippen molar-refractivity contribution in [3.05, 3.63) is 32.4 Å². The second kappa shape index (κ2) is 4.68. The summed E-state index contributed by atoms with van der Waals surface area (Å²) >= 11 is 16.5. The van der Waals surface area contributed by atoms with Gasteiger partial charge >= 0.3 is 0 Å². The number of nitrogens with two attached hydrogens (primary N) is 1. The van der Waals surface area contributed by atoms with Gasteiger partial charge in [-0.2, -0.15) is 0 Å². The molecule has 2 N–H and O–H groups in total. The zero-order valence-corrected chi connectivity index (χ0v) is 9.14. The molecule has 0 bridgehead atoms. The third kappa shape index (κ3) is 2.41. The van der Waals surface area contributed by atoms with Gasteiger partial charge in [-0.15, -0.1) is 0 Å². The van der Waals surface area contributed by atoms with E-state index in [0.717, 1.165) is 0 Å². The molecule has 0 aliphatic carbocycles. The first kappa shape index (κ1) is 11.4. The van der Waals surface area contributed by atoms with Gasteiger partial charge in [-0.3, -0.25) is 9.36 Å². The Balaban J connectivity index is 3.13. The average molecular weight is 255 g/mol. The maximum absolute atomic E-state index is 11.4. The third-order valence-corrected chi connectivity index (χ3v) is 2.37. The molecule has 14 heavy (non-hydrogen) atoms. The molecule has 0 amide bonds. The standard InChI is InChI=1S/C7H6Cl3N3O/c8-1-4(9)2-13-3-12-6(10)5(11)7(13)14/h1,3H,2,11H2. The second-order valence-electron chi connectivity index (χ2n) is 2.44. The van der Waals surface area contributed by atoms with Crippen molar-refractivity contribution in [2.45, 2.75) is 6.54 Å². The molecule has 1 rings (SSSR count). The van der Waals surface area contributed by atoms with Crippen LogP contribution in [0.25, 0.3) is 0 Å². The van der Waals surface area contributed by atoms with E-state index in [0.29, 0.717) is 5.03 Å². The predicted molar refractivity (Wildman–Crippen MR) is 57.7 cm³/mol. The minimum absolute atomic E-state index is 0.0165. The lowest BCUT2D eigenvalue weighted by Gasteiger charge is -2.04. The minimum Gasteiger partial charge on any atom is -0.392 e. The Labute approximate surface area is 94.9 Å². The van der Waals surface area contributed by atoms with Crippen LogP contribution in [-0.4, -0.2) is 9.55 Å². The molecule has 76 valence electrons. The predicted octanol–water partition coefficient (Wildman–Crippen LogP) is 1.80. The summed E-state index contributed by atoms with van der Waals surface area (Å²) in [4.78, 5) is 15.1. The van der Waals surface area contributed by atoms with Gasteiger partial charge in [0.05, 0.1) is 12.9 Å².